The van der Waals surface area contributed by atoms with Crippen molar-refractivity contribution in [1.82, 2.24) is 14.8 Å². The number of hydrogen-bond donors (Lipinski definition) is 1. The number of epoxide rings is 1. The van der Waals surface area contributed by atoms with Crippen molar-refractivity contribution in [3.8, 4) is 0 Å². The molecule has 2 aliphatic carbocycles. The zero-order valence-corrected chi connectivity index (χ0v) is 21.2. The van der Waals surface area contributed by atoms with Gasteiger partial charge in [0.1, 0.15) is 0 Å². The first-order valence-corrected chi connectivity index (χ1v) is 13.8. The van der Waals surface area contributed by atoms with E-state index >= 15 is 0 Å². The largest absolute Gasteiger partial charge is 0.373 e. The van der Waals surface area contributed by atoms with Crippen molar-refractivity contribution < 1.29 is 14.3 Å². The monoisotopic (exact) mass is 477 g/mol. The maximum Gasteiger partial charge on any atom is 0.253 e. The zero-order chi connectivity index (χ0) is 24.1. The second-order valence-electron chi connectivity index (χ2n) is 11.7. The summed E-state index contributed by atoms with van der Waals surface area (Å²) < 4.78 is 7.84. The van der Waals surface area contributed by atoms with Gasteiger partial charge in [-0.3, -0.25) is 9.59 Å². The van der Waals surface area contributed by atoms with Crippen molar-refractivity contribution in [2.45, 2.75) is 76.9 Å². The molecule has 2 amide bonds. The van der Waals surface area contributed by atoms with Gasteiger partial charge >= 0.3 is 0 Å². The van der Waals surface area contributed by atoms with Gasteiger partial charge in [-0.1, -0.05) is 6.92 Å². The van der Waals surface area contributed by atoms with Crippen molar-refractivity contribution in [2.75, 3.05) is 19.7 Å². The van der Waals surface area contributed by atoms with Gasteiger partial charge in [-0.25, -0.2) is 0 Å². The fourth-order valence-electron chi connectivity index (χ4n) is 6.57. The predicted molar refractivity (Wildman–Crippen MR) is 136 cm³/mol. The van der Waals surface area contributed by atoms with E-state index in [2.05, 4.69) is 36.0 Å². The average molecular weight is 478 g/mol. The average Bonchev–Trinajstić information content (AvgIpc) is 3.80. The van der Waals surface area contributed by atoms with Crippen molar-refractivity contribution in [1.29, 1.82) is 0 Å². The van der Waals surface area contributed by atoms with Gasteiger partial charge in [0.2, 0.25) is 5.91 Å². The van der Waals surface area contributed by atoms with E-state index in [9.17, 15) is 9.59 Å². The van der Waals surface area contributed by atoms with Crippen LogP contribution in [0.2, 0.25) is 0 Å². The zero-order valence-electron chi connectivity index (χ0n) is 21.2. The normalized spacial score (nSPS) is 26.9. The quantitative estimate of drug-likeness (QED) is 0.607. The number of ether oxygens (including phenoxy) is 1. The summed E-state index contributed by atoms with van der Waals surface area (Å²) in [4.78, 5) is 27.8. The molecule has 0 radical (unpaired) electrons. The van der Waals surface area contributed by atoms with Gasteiger partial charge in [-0.05, 0) is 92.9 Å². The number of aromatic nitrogens is 1. The molecule has 2 aromatic rings. The van der Waals surface area contributed by atoms with E-state index in [1.165, 1.54) is 47.8 Å². The topological polar surface area (TPSA) is 66.9 Å². The van der Waals surface area contributed by atoms with E-state index in [-0.39, 0.29) is 17.9 Å². The van der Waals surface area contributed by atoms with Crippen LogP contribution in [0.3, 0.4) is 0 Å². The minimum atomic E-state index is 0.0739. The molecular formula is C29H39N3O3. The number of likely N-dealkylation sites (tertiary alicyclic amines) is 1. The molecule has 0 spiro atoms. The molecule has 4 aliphatic rings. The first-order valence-electron chi connectivity index (χ1n) is 13.8. The molecule has 35 heavy (non-hydrogen) atoms. The fraction of sp³-hybridized carbons (Fsp3) is 0.655. The second-order valence-corrected chi connectivity index (χ2v) is 11.7. The molecule has 6 rings (SSSR count). The lowest BCUT2D eigenvalue weighted by molar-refractivity contribution is -0.122. The van der Waals surface area contributed by atoms with Gasteiger partial charge in [0.05, 0.1) is 12.7 Å². The molecule has 1 aromatic carbocycles. The minimum Gasteiger partial charge on any atom is -0.373 e. The summed E-state index contributed by atoms with van der Waals surface area (Å²) in [6.45, 7) is 4.70. The third kappa shape index (κ3) is 4.87. The Morgan fingerprint density at radius 2 is 2.03 bits per heavy atom. The molecule has 4 unspecified atom stereocenters. The molecule has 2 saturated heterocycles. The smallest absolute Gasteiger partial charge is 0.253 e. The Bertz CT molecular complexity index is 1130. The lowest BCUT2D eigenvalue weighted by atomic mass is 9.77. The summed E-state index contributed by atoms with van der Waals surface area (Å²) >= 11 is 0. The number of carbonyl (C=O) groups excluding carboxylic acids is 2. The number of hydrogen-bond acceptors (Lipinski definition) is 3. The standard InChI is InChI=1S/C29H39N3O3/c1-18(12-23-17-35-23)20-7-9-26-24(14-20)25-15-21(8-10-27(25)31(26)2)29(34)32-11-3-4-22(16-32)30-28(33)13-19-5-6-19/h8,10,15,18-20,22-23H,3-7,9,11-14,16-17H2,1-2H3,(H,30,33). The summed E-state index contributed by atoms with van der Waals surface area (Å²) in [5.74, 6) is 2.18. The number of rotatable bonds is 7. The number of nitrogens with one attached hydrogen (secondary N) is 1. The minimum absolute atomic E-state index is 0.0739. The van der Waals surface area contributed by atoms with Crippen molar-refractivity contribution in [3.63, 3.8) is 0 Å². The van der Waals surface area contributed by atoms with E-state index in [1.807, 2.05) is 11.0 Å². The second kappa shape index (κ2) is 9.27. The van der Waals surface area contributed by atoms with Gasteiger partial charge in [0.15, 0.2) is 0 Å². The Balaban J connectivity index is 1.18. The Labute approximate surface area is 208 Å². The van der Waals surface area contributed by atoms with Gasteiger partial charge in [-0.15, -0.1) is 0 Å². The number of carbonyl (C=O) groups is 2. The maximum absolute atomic E-state index is 13.5. The third-order valence-electron chi connectivity index (χ3n) is 8.99. The highest BCUT2D eigenvalue weighted by Gasteiger charge is 2.33. The molecular weight excluding hydrogens is 438 g/mol. The summed E-state index contributed by atoms with van der Waals surface area (Å²) in [6.07, 6.45) is 10.00. The highest BCUT2D eigenvalue weighted by Crippen LogP contribution is 2.39. The molecule has 1 aromatic heterocycles. The number of nitrogens with zero attached hydrogens (tertiary/aromatic N) is 2. The van der Waals surface area contributed by atoms with Gasteiger partial charge < -0.3 is 19.5 Å². The van der Waals surface area contributed by atoms with Crippen LogP contribution in [0.4, 0.5) is 0 Å². The Kier molecular flexibility index (Phi) is 6.11. The summed E-state index contributed by atoms with van der Waals surface area (Å²) in [5, 5.41) is 4.44. The van der Waals surface area contributed by atoms with Crippen LogP contribution in [0, 0.1) is 17.8 Å². The summed E-state index contributed by atoms with van der Waals surface area (Å²) in [6, 6.07) is 6.35. The molecule has 0 bridgehead atoms. The maximum atomic E-state index is 13.5. The summed E-state index contributed by atoms with van der Waals surface area (Å²) in [7, 11) is 2.17. The Morgan fingerprint density at radius 1 is 1.20 bits per heavy atom. The predicted octanol–water partition coefficient (Wildman–Crippen LogP) is 4.23. The molecule has 188 valence electrons. The van der Waals surface area contributed by atoms with E-state index < -0.39 is 0 Å². The molecule has 3 fully saturated rings. The SMILES string of the molecule is CC(CC1CO1)C1CCc2c(c3cc(C(=O)N4CCCC(NC(=O)CC5CC5)C4)ccc3n2C)C1. The molecule has 2 aliphatic heterocycles. The first-order chi connectivity index (χ1) is 17.0. The number of amides is 2. The lowest BCUT2D eigenvalue weighted by Crippen LogP contribution is -2.49. The van der Waals surface area contributed by atoms with E-state index in [0.29, 0.717) is 36.8 Å². The van der Waals surface area contributed by atoms with Crippen LogP contribution in [-0.4, -0.2) is 53.1 Å². The number of fused-ring (bicyclic) bond motifs is 3. The molecule has 4 atom stereocenters. The summed E-state index contributed by atoms with van der Waals surface area (Å²) in [5.41, 5.74) is 4.89. The molecule has 3 heterocycles. The number of aryl methyl sites for hydroxylation is 1. The lowest BCUT2D eigenvalue weighted by Gasteiger charge is -2.33. The van der Waals surface area contributed by atoms with Crippen LogP contribution < -0.4 is 5.32 Å². The Hall–Kier alpha value is -2.34. The first kappa shape index (κ1) is 23.1. The number of piperidine rings is 1. The van der Waals surface area contributed by atoms with Crippen LogP contribution in [0.5, 0.6) is 0 Å². The molecule has 1 N–H and O–H groups in total. The van der Waals surface area contributed by atoms with Gasteiger partial charge in [-0.2, -0.15) is 0 Å². The van der Waals surface area contributed by atoms with E-state index in [0.717, 1.165) is 44.4 Å². The van der Waals surface area contributed by atoms with Crippen LogP contribution >= 0.6 is 0 Å². The van der Waals surface area contributed by atoms with Gasteiger partial charge in [0, 0.05) is 54.8 Å². The fourth-order valence-corrected chi connectivity index (χ4v) is 6.57. The third-order valence-corrected chi connectivity index (χ3v) is 8.99. The molecule has 6 heteroatoms. The van der Waals surface area contributed by atoms with Crippen LogP contribution in [0.1, 0.15) is 73.5 Å². The molecule has 6 nitrogen and oxygen atoms in total. The van der Waals surface area contributed by atoms with Crippen molar-refractivity contribution >= 4 is 22.7 Å². The number of benzene rings is 1. The van der Waals surface area contributed by atoms with Crippen molar-refractivity contribution in [3.05, 3.63) is 35.0 Å². The van der Waals surface area contributed by atoms with Crippen LogP contribution in [0.25, 0.3) is 10.9 Å². The van der Waals surface area contributed by atoms with E-state index in [4.69, 9.17) is 4.74 Å². The van der Waals surface area contributed by atoms with Gasteiger partial charge in [0.25, 0.3) is 5.91 Å². The Morgan fingerprint density at radius 3 is 2.80 bits per heavy atom. The van der Waals surface area contributed by atoms with E-state index in [1.54, 1.807) is 0 Å². The van der Waals surface area contributed by atoms with Crippen molar-refractivity contribution in [2.24, 2.45) is 24.8 Å². The van der Waals surface area contributed by atoms with Crippen LogP contribution in [0.15, 0.2) is 18.2 Å². The highest BCUT2D eigenvalue weighted by molar-refractivity contribution is 5.99. The highest BCUT2D eigenvalue weighted by atomic mass is 16.6. The molecule has 1 saturated carbocycles. The van der Waals surface area contributed by atoms with Crippen LogP contribution in [-0.2, 0) is 29.4 Å².